The van der Waals surface area contributed by atoms with Gasteiger partial charge in [-0.1, -0.05) is 37.1 Å². The molecule has 0 heterocycles. The van der Waals surface area contributed by atoms with E-state index in [9.17, 15) is 25.0 Å². The first kappa shape index (κ1) is 20.7. The Balaban J connectivity index is 1.90. The maximum Gasteiger partial charge on any atom is 0.338 e. The number of carbonyl (C=O) groups excluding carboxylic acids is 1. The Morgan fingerprint density at radius 3 is 2.31 bits per heavy atom. The van der Waals surface area contributed by atoms with Crippen LogP contribution in [0.3, 0.4) is 0 Å². The molecule has 1 saturated carbocycles. The van der Waals surface area contributed by atoms with Gasteiger partial charge >= 0.3 is 5.97 Å². The molecule has 0 bridgehead atoms. The van der Waals surface area contributed by atoms with E-state index in [4.69, 9.17) is 4.74 Å². The molecule has 0 saturated heterocycles. The van der Waals surface area contributed by atoms with Crippen LogP contribution in [0.4, 0.5) is 11.4 Å². The minimum atomic E-state index is -0.805. The number of hydrogen-bond donors (Lipinski definition) is 0. The number of hydrogen-bond acceptors (Lipinski definition) is 6. The number of non-ortho nitro benzene ring substituents is 2. The summed E-state index contributed by atoms with van der Waals surface area (Å²) in [6.45, 7) is 10.4. The summed E-state index contributed by atoms with van der Waals surface area (Å²) in [6.07, 6.45) is 2.86. The van der Waals surface area contributed by atoms with Crippen LogP contribution in [-0.4, -0.2) is 21.9 Å². The van der Waals surface area contributed by atoms with Crippen LogP contribution in [0.2, 0.25) is 0 Å². The van der Waals surface area contributed by atoms with Crippen molar-refractivity contribution in [3.05, 3.63) is 67.3 Å². The molecule has 0 N–H and O–H groups in total. The number of rotatable bonds is 4. The van der Waals surface area contributed by atoms with Crippen molar-refractivity contribution in [1.82, 2.24) is 0 Å². The molecule has 0 aliphatic heterocycles. The molecule has 29 heavy (non-hydrogen) atoms. The van der Waals surface area contributed by atoms with Crippen molar-refractivity contribution in [2.24, 2.45) is 11.3 Å². The number of fused-ring (bicyclic) bond motifs is 1. The molecule has 1 aromatic rings. The molecule has 2 aliphatic rings. The lowest BCUT2D eigenvalue weighted by molar-refractivity contribution is -0.394. The van der Waals surface area contributed by atoms with Gasteiger partial charge in [0.1, 0.15) is 6.10 Å². The molecule has 0 amide bonds. The normalized spacial score (nSPS) is 23.3. The molecule has 1 fully saturated rings. The Morgan fingerprint density at radius 1 is 1.17 bits per heavy atom. The monoisotopic (exact) mass is 400 g/mol. The van der Waals surface area contributed by atoms with Crippen LogP contribution in [0.15, 0.2) is 41.5 Å². The van der Waals surface area contributed by atoms with E-state index in [0.717, 1.165) is 43.0 Å². The quantitative estimate of drug-likeness (QED) is 0.300. The third kappa shape index (κ3) is 4.06. The van der Waals surface area contributed by atoms with Gasteiger partial charge in [-0.2, -0.15) is 0 Å². The molecule has 154 valence electrons. The van der Waals surface area contributed by atoms with Crippen LogP contribution in [-0.2, 0) is 4.74 Å². The van der Waals surface area contributed by atoms with Crippen molar-refractivity contribution >= 4 is 17.3 Å². The topological polar surface area (TPSA) is 113 Å². The fourth-order valence-electron chi connectivity index (χ4n) is 4.30. The van der Waals surface area contributed by atoms with Crippen molar-refractivity contribution in [3.8, 4) is 0 Å². The van der Waals surface area contributed by atoms with Gasteiger partial charge in [-0.05, 0) is 26.2 Å². The van der Waals surface area contributed by atoms with Gasteiger partial charge in [0.05, 0.1) is 21.5 Å². The molecule has 2 aliphatic carbocycles. The minimum Gasteiger partial charge on any atom is -0.458 e. The Hall–Kier alpha value is -3.03. The summed E-state index contributed by atoms with van der Waals surface area (Å²) in [4.78, 5) is 33.4. The number of esters is 1. The molecular weight excluding hydrogens is 376 g/mol. The maximum atomic E-state index is 12.8. The number of allylic oxidation sites excluding steroid dienone is 2. The van der Waals surface area contributed by atoms with Crippen molar-refractivity contribution < 1.29 is 19.4 Å². The van der Waals surface area contributed by atoms with E-state index in [1.54, 1.807) is 0 Å². The summed E-state index contributed by atoms with van der Waals surface area (Å²) < 4.78 is 5.75. The Labute approximate surface area is 168 Å². The lowest BCUT2D eigenvalue weighted by Gasteiger charge is -2.32. The number of benzene rings is 1. The molecule has 3 rings (SSSR count). The Bertz CT molecular complexity index is 914. The van der Waals surface area contributed by atoms with Crippen LogP contribution < -0.4 is 0 Å². The maximum absolute atomic E-state index is 12.8. The summed E-state index contributed by atoms with van der Waals surface area (Å²) in [7, 11) is 0. The van der Waals surface area contributed by atoms with E-state index in [1.165, 1.54) is 11.1 Å². The van der Waals surface area contributed by atoms with Crippen molar-refractivity contribution in [2.75, 3.05) is 0 Å². The standard InChI is InChI=1S/C21H24N2O6/c1-12-5-6-17-13(2)7-19(21(3,4)11-18(12)17)29-20(24)14-8-15(22(25)26)10-16(9-14)23(27)28/h8-10,17,19H,2,5-7,11H2,1,3-4H3. The minimum absolute atomic E-state index is 0.202. The highest BCUT2D eigenvalue weighted by atomic mass is 16.6. The summed E-state index contributed by atoms with van der Waals surface area (Å²) in [5, 5.41) is 22.2. The van der Waals surface area contributed by atoms with Crippen LogP contribution >= 0.6 is 0 Å². The second kappa shape index (κ2) is 7.42. The Morgan fingerprint density at radius 2 is 1.76 bits per heavy atom. The summed E-state index contributed by atoms with van der Waals surface area (Å²) in [6, 6.07) is 2.84. The first-order valence-electron chi connectivity index (χ1n) is 9.50. The average molecular weight is 400 g/mol. The van der Waals surface area contributed by atoms with Gasteiger partial charge < -0.3 is 4.74 Å². The first-order chi connectivity index (χ1) is 13.5. The van der Waals surface area contributed by atoms with Gasteiger partial charge in [0, 0.05) is 29.9 Å². The molecule has 2 atom stereocenters. The van der Waals surface area contributed by atoms with Crippen molar-refractivity contribution in [3.63, 3.8) is 0 Å². The summed E-state index contributed by atoms with van der Waals surface area (Å²) in [5.41, 5.74) is 2.14. The molecule has 0 aromatic heterocycles. The van der Waals surface area contributed by atoms with Crippen molar-refractivity contribution in [1.29, 1.82) is 0 Å². The van der Waals surface area contributed by atoms with Crippen LogP contribution in [0.25, 0.3) is 0 Å². The highest BCUT2D eigenvalue weighted by molar-refractivity contribution is 5.91. The molecule has 0 spiro atoms. The first-order valence-corrected chi connectivity index (χ1v) is 9.50. The van der Waals surface area contributed by atoms with Crippen LogP contribution in [0.5, 0.6) is 0 Å². The Kier molecular flexibility index (Phi) is 5.30. The van der Waals surface area contributed by atoms with E-state index in [0.29, 0.717) is 12.3 Å². The average Bonchev–Trinajstić information content (AvgIpc) is 2.96. The molecular formula is C21H24N2O6. The number of nitro groups is 2. The predicted octanol–water partition coefficient (Wildman–Crippen LogP) is 5.13. The van der Waals surface area contributed by atoms with Gasteiger partial charge in [0.15, 0.2) is 0 Å². The van der Waals surface area contributed by atoms with Gasteiger partial charge in [0.25, 0.3) is 11.4 Å². The summed E-state index contributed by atoms with van der Waals surface area (Å²) >= 11 is 0. The molecule has 2 unspecified atom stereocenters. The van der Waals surface area contributed by atoms with Crippen LogP contribution in [0, 0.1) is 31.6 Å². The zero-order chi connectivity index (χ0) is 21.5. The van der Waals surface area contributed by atoms with Gasteiger partial charge in [-0.25, -0.2) is 4.79 Å². The number of nitro benzene ring substituents is 2. The molecule has 1 aromatic carbocycles. The van der Waals surface area contributed by atoms with E-state index >= 15 is 0 Å². The number of carbonyl (C=O) groups is 1. The molecule has 0 radical (unpaired) electrons. The fourth-order valence-corrected chi connectivity index (χ4v) is 4.30. The second-order valence-electron chi connectivity index (χ2n) is 8.57. The van der Waals surface area contributed by atoms with Gasteiger partial charge in [-0.3, -0.25) is 20.2 Å². The number of ether oxygens (including phenoxy) is 1. The fraction of sp³-hybridized carbons (Fsp3) is 0.476. The highest BCUT2D eigenvalue weighted by Gasteiger charge is 2.42. The van der Waals surface area contributed by atoms with Crippen LogP contribution in [0.1, 0.15) is 56.8 Å². The SMILES string of the molecule is C=C1CC(OC(=O)c2cc([N+](=O)[O-])cc([N+](=O)[O-])c2)C(C)(C)CC2=C(C)CCC12. The lowest BCUT2D eigenvalue weighted by atomic mass is 9.80. The third-order valence-corrected chi connectivity index (χ3v) is 6.04. The molecule has 8 heteroatoms. The summed E-state index contributed by atoms with van der Waals surface area (Å²) in [5.74, 6) is -0.502. The zero-order valence-electron chi connectivity index (χ0n) is 16.8. The van der Waals surface area contributed by atoms with E-state index in [-0.39, 0.29) is 11.0 Å². The van der Waals surface area contributed by atoms with E-state index in [1.807, 2.05) is 13.8 Å². The van der Waals surface area contributed by atoms with Gasteiger partial charge in [-0.15, -0.1) is 0 Å². The van der Waals surface area contributed by atoms with Gasteiger partial charge in [0.2, 0.25) is 0 Å². The number of nitrogens with zero attached hydrogens (tertiary/aromatic N) is 2. The van der Waals surface area contributed by atoms with E-state index < -0.39 is 33.3 Å². The highest BCUT2D eigenvalue weighted by Crippen LogP contribution is 2.49. The van der Waals surface area contributed by atoms with Crippen molar-refractivity contribution in [2.45, 2.75) is 52.6 Å². The predicted molar refractivity (Wildman–Crippen MR) is 107 cm³/mol. The second-order valence-corrected chi connectivity index (χ2v) is 8.57. The largest absolute Gasteiger partial charge is 0.458 e. The lowest BCUT2D eigenvalue weighted by Crippen LogP contribution is -2.33. The smallest absolute Gasteiger partial charge is 0.338 e. The van der Waals surface area contributed by atoms with E-state index in [2.05, 4.69) is 13.5 Å². The third-order valence-electron chi connectivity index (χ3n) is 6.04. The zero-order valence-corrected chi connectivity index (χ0v) is 16.8. The molecule has 8 nitrogen and oxygen atoms in total.